The maximum Gasteiger partial charge on any atom is 0.224 e. The third-order valence-corrected chi connectivity index (χ3v) is 9.51. The number of aliphatic hydroxyl groups excluding tert-OH is 2. The molecule has 4 aromatic carbocycles. The third kappa shape index (κ3) is 10.6. The molecule has 6 N–H and O–H groups in total. The second-order valence-electron chi connectivity index (χ2n) is 12.0. The lowest BCUT2D eigenvalue weighted by Crippen LogP contribution is -2.31. The molecule has 258 valence electrons. The van der Waals surface area contributed by atoms with Crippen LogP contribution in [0.25, 0.3) is 11.1 Å². The molecule has 49 heavy (non-hydrogen) atoms. The van der Waals surface area contributed by atoms with Crippen molar-refractivity contribution in [3.63, 3.8) is 0 Å². The van der Waals surface area contributed by atoms with Gasteiger partial charge < -0.3 is 36.1 Å². The van der Waals surface area contributed by atoms with E-state index in [9.17, 15) is 19.8 Å². The molecule has 0 spiro atoms. The van der Waals surface area contributed by atoms with Crippen LogP contribution in [0.5, 0.6) is 0 Å². The van der Waals surface area contributed by atoms with Crippen LogP contribution in [0.4, 0.5) is 11.4 Å². The topological polar surface area (TPSA) is 143 Å². The fourth-order valence-corrected chi connectivity index (χ4v) is 6.53. The van der Waals surface area contributed by atoms with Crippen molar-refractivity contribution in [1.82, 2.24) is 5.32 Å². The average molecular weight is 684 g/mol. The maximum atomic E-state index is 12.7. The number of thioether (sulfide) groups is 1. The van der Waals surface area contributed by atoms with E-state index in [1.54, 1.807) is 23.9 Å². The van der Waals surface area contributed by atoms with E-state index in [1.165, 1.54) is 0 Å². The van der Waals surface area contributed by atoms with Gasteiger partial charge in [0, 0.05) is 42.9 Å². The molecular formula is C39H45N3O6S. The number of carbonyl (C=O) groups excluding carboxylic acids is 2. The molecule has 1 heterocycles. The maximum absolute atomic E-state index is 12.7. The van der Waals surface area contributed by atoms with Crippen molar-refractivity contribution in [2.45, 2.75) is 63.8 Å². The van der Waals surface area contributed by atoms with Gasteiger partial charge in [0.25, 0.3) is 0 Å². The van der Waals surface area contributed by atoms with Crippen LogP contribution in [0.2, 0.25) is 0 Å². The summed E-state index contributed by atoms with van der Waals surface area (Å²) < 4.78 is 12.9. The number of nitrogen functional groups attached to an aromatic ring is 1. The smallest absolute Gasteiger partial charge is 0.224 e. The lowest BCUT2D eigenvalue weighted by Gasteiger charge is -2.36. The molecular weight excluding hydrogens is 639 g/mol. The zero-order valence-corrected chi connectivity index (χ0v) is 28.4. The summed E-state index contributed by atoms with van der Waals surface area (Å²) in [6, 6.07) is 31.1. The Balaban J connectivity index is 1.15. The summed E-state index contributed by atoms with van der Waals surface area (Å²) in [6.45, 7) is 0.513. The van der Waals surface area contributed by atoms with Crippen molar-refractivity contribution in [3.8, 4) is 11.1 Å². The summed E-state index contributed by atoms with van der Waals surface area (Å²) >= 11 is 1.66. The zero-order valence-electron chi connectivity index (χ0n) is 27.6. The minimum Gasteiger partial charge on any atom is -0.397 e. The number of unbranched alkanes of at least 4 members (excludes halogenated alkanes) is 1. The molecule has 0 saturated carbocycles. The minimum absolute atomic E-state index is 0.00615. The first-order chi connectivity index (χ1) is 23.9. The number of ether oxygens (including phenoxy) is 2. The van der Waals surface area contributed by atoms with E-state index in [0.29, 0.717) is 55.8 Å². The van der Waals surface area contributed by atoms with Gasteiger partial charge in [0.15, 0.2) is 6.29 Å². The Morgan fingerprint density at radius 1 is 0.816 bits per heavy atom. The lowest BCUT2D eigenvalue weighted by atomic mass is 9.97. The average Bonchev–Trinajstić information content (AvgIpc) is 3.14. The predicted octanol–water partition coefficient (Wildman–Crippen LogP) is 6.51. The Morgan fingerprint density at radius 2 is 1.51 bits per heavy atom. The summed E-state index contributed by atoms with van der Waals surface area (Å²) in [4.78, 5) is 24.9. The first-order valence-corrected chi connectivity index (χ1v) is 17.9. The molecule has 4 aromatic rings. The summed E-state index contributed by atoms with van der Waals surface area (Å²) in [5.74, 6) is 1.23. The van der Waals surface area contributed by atoms with Crippen molar-refractivity contribution in [3.05, 3.63) is 119 Å². The van der Waals surface area contributed by atoms with Gasteiger partial charge in [-0.05, 0) is 52.8 Å². The van der Waals surface area contributed by atoms with Crippen LogP contribution >= 0.6 is 11.8 Å². The van der Waals surface area contributed by atoms with Crippen LogP contribution in [0, 0.1) is 0 Å². The van der Waals surface area contributed by atoms with Crippen LogP contribution in [0.1, 0.15) is 66.8 Å². The largest absolute Gasteiger partial charge is 0.397 e. The Hall–Kier alpha value is -4.19. The molecule has 0 unspecified atom stereocenters. The standard InChI is InChI=1S/C39H45N3O6S/c40-34-9-3-4-10-35(34)42-38(46)12-6-5-11-37(45)41-24-31-7-1-2-8-33(31)28-17-19-30(20-18-28)39-47-32(26-49-22-21-43)23-36(48-39)29-15-13-27(25-44)14-16-29/h1-4,7-10,13-20,32,36,39,43-44H,5-6,11-12,21-26,40H2,(H,41,45)(H,42,46)/t32-,36+,39+/m0/s1. The monoisotopic (exact) mass is 683 g/mol. The Labute approximate surface area is 292 Å². The molecule has 1 aliphatic rings. The van der Waals surface area contributed by atoms with Crippen molar-refractivity contribution in [2.75, 3.05) is 29.2 Å². The SMILES string of the molecule is Nc1ccccc1NC(=O)CCCCC(=O)NCc1ccccc1-c1ccc([C@@H]2O[C@H](CSCCO)C[C@H](c3ccc(CO)cc3)O2)cc1. The number of carbonyl (C=O) groups is 2. The van der Waals surface area contributed by atoms with Gasteiger partial charge >= 0.3 is 0 Å². The highest BCUT2D eigenvalue weighted by atomic mass is 32.2. The fourth-order valence-electron chi connectivity index (χ4n) is 5.75. The molecule has 0 aliphatic carbocycles. The van der Waals surface area contributed by atoms with Crippen LogP contribution < -0.4 is 16.4 Å². The van der Waals surface area contributed by atoms with E-state index < -0.39 is 6.29 Å². The van der Waals surface area contributed by atoms with Gasteiger partial charge in [-0.1, -0.05) is 84.9 Å². The lowest BCUT2D eigenvalue weighted by molar-refractivity contribution is -0.245. The van der Waals surface area contributed by atoms with Gasteiger partial charge in [-0.15, -0.1) is 0 Å². The highest BCUT2D eigenvalue weighted by Crippen LogP contribution is 2.39. The fraction of sp³-hybridized carbons (Fsp3) is 0.333. The number of benzene rings is 4. The van der Waals surface area contributed by atoms with Gasteiger partial charge in [-0.3, -0.25) is 9.59 Å². The number of aliphatic hydroxyl groups is 2. The number of anilines is 2. The predicted molar refractivity (Wildman–Crippen MR) is 195 cm³/mol. The first-order valence-electron chi connectivity index (χ1n) is 16.7. The van der Waals surface area contributed by atoms with Gasteiger partial charge in [0.1, 0.15) is 0 Å². The van der Waals surface area contributed by atoms with E-state index in [0.717, 1.165) is 39.1 Å². The second-order valence-corrected chi connectivity index (χ2v) is 13.2. The molecule has 1 aliphatic heterocycles. The number of hydrogen-bond donors (Lipinski definition) is 5. The second kappa shape index (κ2) is 18.5. The Morgan fingerprint density at radius 3 is 2.24 bits per heavy atom. The van der Waals surface area contributed by atoms with Crippen molar-refractivity contribution in [2.24, 2.45) is 0 Å². The molecule has 10 heteroatoms. The van der Waals surface area contributed by atoms with E-state index >= 15 is 0 Å². The molecule has 0 radical (unpaired) electrons. The summed E-state index contributed by atoms with van der Waals surface area (Å²) in [6.07, 6.45) is 1.79. The van der Waals surface area contributed by atoms with Gasteiger partial charge in [0.2, 0.25) is 11.8 Å². The molecule has 1 saturated heterocycles. The molecule has 0 bridgehead atoms. The molecule has 3 atom stereocenters. The normalized spacial score (nSPS) is 17.4. The van der Waals surface area contributed by atoms with Crippen LogP contribution in [0.3, 0.4) is 0 Å². The Bertz CT molecular complexity index is 1650. The molecule has 0 aromatic heterocycles. The third-order valence-electron chi connectivity index (χ3n) is 8.43. The quantitative estimate of drug-likeness (QED) is 0.0664. The van der Waals surface area contributed by atoms with Crippen molar-refractivity contribution < 1.29 is 29.3 Å². The highest BCUT2D eigenvalue weighted by Gasteiger charge is 2.32. The summed E-state index contributed by atoms with van der Waals surface area (Å²) in [5, 5.41) is 24.6. The first kappa shape index (κ1) is 36.1. The number of rotatable bonds is 16. The number of amides is 2. The highest BCUT2D eigenvalue weighted by molar-refractivity contribution is 7.99. The van der Waals surface area contributed by atoms with Crippen LogP contribution in [-0.4, -0.2) is 46.2 Å². The van der Waals surface area contributed by atoms with Crippen LogP contribution in [0.15, 0.2) is 97.1 Å². The summed E-state index contributed by atoms with van der Waals surface area (Å²) in [5.41, 5.74) is 12.8. The van der Waals surface area contributed by atoms with E-state index in [1.807, 2.05) is 84.9 Å². The Kier molecular flexibility index (Phi) is 13.7. The zero-order chi connectivity index (χ0) is 34.4. The van der Waals surface area contributed by atoms with Crippen LogP contribution in [-0.2, 0) is 32.2 Å². The van der Waals surface area contributed by atoms with Crippen molar-refractivity contribution >= 4 is 35.0 Å². The number of nitrogens with two attached hydrogens (primary N) is 1. The number of para-hydroxylation sites is 2. The molecule has 2 amide bonds. The minimum atomic E-state index is -0.554. The van der Waals surface area contributed by atoms with Gasteiger partial charge in [-0.25, -0.2) is 0 Å². The van der Waals surface area contributed by atoms with E-state index in [2.05, 4.69) is 10.6 Å². The number of nitrogens with one attached hydrogen (secondary N) is 2. The van der Waals surface area contributed by atoms with Gasteiger partial charge in [0.05, 0.1) is 36.8 Å². The molecule has 9 nitrogen and oxygen atoms in total. The molecule has 5 rings (SSSR count). The van der Waals surface area contributed by atoms with Gasteiger partial charge in [-0.2, -0.15) is 11.8 Å². The van der Waals surface area contributed by atoms with E-state index in [-0.39, 0.29) is 37.2 Å². The molecule has 1 fully saturated rings. The van der Waals surface area contributed by atoms with Crippen molar-refractivity contribution in [1.29, 1.82) is 0 Å². The summed E-state index contributed by atoms with van der Waals surface area (Å²) in [7, 11) is 0. The number of hydrogen-bond acceptors (Lipinski definition) is 8. The van der Waals surface area contributed by atoms with E-state index in [4.69, 9.17) is 15.2 Å².